The molecule has 16 unspecified atom stereocenters. The molecule has 444 valence electrons. The number of rotatable bonds is 15. The first-order valence-electron chi connectivity index (χ1n) is 28.2. The van der Waals surface area contributed by atoms with Gasteiger partial charge in [0.05, 0.1) is 58.8 Å². The Morgan fingerprint density at radius 1 is 0.846 bits per heavy atom. The van der Waals surface area contributed by atoms with Crippen molar-refractivity contribution < 1.29 is 85.6 Å². The Morgan fingerprint density at radius 2 is 1.55 bits per heavy atom. The number of ether oxygens (including phenoxy) is 6. The number of carbonyl (C=O) groups is 5. The number of piperidine rings is 1. The lowest BCUT2D eigenvalue weighted by Gasteiger charge is -2.42. The predicted molar refractivity (Wildman–Crippen MR) is 291 cm³/mol. The van der Waals surface area contributed by atoms with Crippen molar-refractivity contribution in [2.75, 3.05) is 75.4 Å². The van der Waals surface area contributed by atoms with Crippen LogP contribution >= 0.6 is 7.82 Å². The summed E-state index contributed by atoms with van der Waals surface area (Å²) in [7, 11) is 5.75. The fourth-order valence-corrected chi connectivity index (χ4v) is 11.8. The fraction of sp³-hybridized carbons (Fsp3) is 0.776. The molecular formula is C58H95N2O17P. The molecule has 2 N–H and O–H groups in total. The minimum atomic E-state index is -4.53. The number of carbonyl (C=O) groups excluding carboxylic acids is 5. The van der Waals surface area contributed by atoms with E-state index in [0.717, 1.165) is 5.57 Å². The minimum Gasteiger partial charge on any atom is -0.756 e. The van der Waals surface area contributed by atoms with Crippen molar-refractivity contribution in [3.8, 4) is 0 Å². The maximum absolute atomic E-state index is 14.6. The number of nitrogens with zero attached hydrogens (tertiary/aromatic N) is 2. The molecule has 19 nitrogen and oxygen atoms in total. The Bertz CT molecular complexity index is 2160. The summed E-state index contributed by atoms with van der Waals surface area (Å²) in [5.74, 6) is -8.43. The first-order chi connectivity index (χ1) is 36.6. The van der Waals surface area contributed by atoms with Crippen LogP contribution in [0.15, 0.2) is 47.6 Å². The maximum Gasteiger partial charge on any atom is 0.329 e. The number of amides is 1. The summed E-state index contributed by atoms with van der Waals surface area (Å²) in [5.41, 5.74) is 1.22. The normalized spacial score (nSPS) is 35.7. The second kappa shape index (κ2) is 31.2. The number of esters is 1. The lowest BCUT2D eigenvalue weighted by atomic mass is 9.78. The van der Waals surface area contributed by atoms with Crippen molar-refractivity contribution in [3.05, 3.63) is 47.6 Å². The molecule has 0 spiro atoms. The number of quaternary nitrogens is 1. The number of aliphatic hydroxyl groups is 2. The SMILES string of the molecule is COC1CC2CCC(C)C(O)(O2)C(=O)C(=O)N2CCCCC2C(=O)OC(C(C)CC2CCC(OCCOP(=O)([O-])OCC[N+](C)(C)C)C(OC)C2)CC(=O)C(C)/C=C(/C)C(O)C(OC)C(=O)C(C)CC(C)/C=C\C=CC=C1C. The Hall–Kier alpha value is -3.30. The van der Waals surface area contributed by atoms with Crippen LogP contribution in [0, 0.1) is 35.5 Å². The van der Waals surface area contributed by atoms with E-state index in [1.165, 1.54) is 12.0 Å². The topological polar surface area (TPSA) is 243 Å². The molecule has 0 aromatic heterocycles. The average Bonchev–Trinajstić information content (AvgIpc) is 3.38. The second-order valence-electron chi connectivity index (χ2n) is 23.6. The lowest BCUT2D eigenvalue weighted by Crippen LogP contribution is -2.61. The molecule has 0 aromatic rings. The van der Waals surface area contributed by atoms with Gasteiger partial charge in [0.25, 0.3) is 19.5 Å². The number of fused-ring (bicyclic) bond motifs is 3. The molecule has 2 saturated heterocycles. The number of allylic oxidation sites excluding steroid dienone is 6. The molecule has 1 saturated carbocycles. The van der Waals surface area contributed by atoms with Crippen LogP contribution in [0.25, 0.3) is 0 Å². The molecule has 3 fully saturated rings. The Labute approximate surface area is 464 Å². The van der Waals surface area contributed by atoms with Crippen LogP contribution in [0.5, 0.6) is 0 Å². The summed E-state index contributed by atoms with van der Waals surface area (Å²) in [6.45, 7) is 12.8. The Balaban J connectivity index is 1.62. The van der Waals surface area contributed by atoms with Crippen molar-refractivity contribution >= 4 is 37.0 Å². The molecule has 0 radical (unpaired) electrons. The fourth-order valence-electron chi connectivity index (χ4n) is 11.1. The molecule has 2 bridgehead atoms. The van der Waals surface area contributed by atoms with Crippen molar-refractivity contribution in [2.24, 2.45) is 35.5 Å². The molecular weight excluding hydrogens is 1030 g/mol. The van der Waals surface area contributed by atoms with Gasteiger partial charge in [0, 0.05) is 58.5 Å². The third-order valence-corrected chi connectivity index (χ3v) is 17.1. The zero-order chi connectivity index (χ0) is 58.1. The number of phosphoric ester groups is 1. The highest BCUT2D eigenvalue weighted by molar-refractivity contribution is 7.45. The van der Waals surface area contributed by atoms with Gasteiger partial charge in [-0.1, -0.05) is 71.1 Å². The van der Waals surface area contributed by atoms with Crippen molar-refractivity contribution in [3.63, 3.8) is 0 Å². The molecule has 1 amide bonds. The summed E-state index contributed by atoms with van der Waals surface area (Å²) in [5, 5.41) is 23.6. The van der Waals surface area contributed by atoms with E-state index >= 15 is 0 Å². The van der Waals surface area contributed by atoms with Crippen LogP contribution in [0.1, 0.15) is 126 Å². The van der Waals surface area contributed by atoms with Crippen molar-refractivity contribution in [1.29, 1.82) is 0 Å². The number of hydrogen-bond donors (Lipinski definition) is 2. The largest absolute Gasteiger partial charge is 0.756 e. The second-order valence-corrected chi connectivity index (χ2v) is 25.0. The number of methoxy groups -OCH3 is 3. The summed E-state index contributed by atoms with van der Waals surface area (Å²) in [6, 6.07) is -1.19. The van der Waals surface area contributed by atoms with E-state index in [1.807, 2.05) is 72.3 Å². The third-order valence-electron chi connectivity index (χ3n) is 16.1. The smallest absolute Gasteiger partial charge is 0.329 e. The highest BCUT2D eigenvalue weighted by Crippen LogP contribution is 2.40. The van der Waals surface area contributed by atoms with Crippen LogP contribution in [-0.4, -0.2) is 179 Å². The van der Waals surface area contributed by atoms with E-state index < -0.39 is 91.5 Å². The Kier molecular flexibility index (Phi) is 26.9. The summed E-state index contributed by atoms with van der Waals surface area (Å²) >= 11 is 0. The minimum absolute atomic E-state index is 0.00477. The van der Waals surface area contributed by atoms with Gasteiger partial charge in [0.15, 0.2) is 5.78 Å². The van der Waals surface area contributed by atoms with Crippen LogP contribution in [0.3, 0.4) is 0 Å². The van der Waals surface area contributed by atoms with Crippen LogP contribution in [0.4, 0.5) is 0 Å². The first-order valence-corrected chi connectivity index (χ1v) is 29.6. The molecule has 3 heterocycles. The maximum atomic E-state index is 14.6. The highest BCUT2D eigenvalue weighted by atomic mass is 31.2. The van der Waals surface area contributed by atoms with Gasteiger partial charge >= 0.3 is 5.97 Å². The van der Waals surface area contributed by atoms with E-state index in [9.17, 15) is 43.6 Å². The van der Waals surface area contributed by atoms with E-state index in [4.69, 9.17) is 37.5 Å². The van der Waals surface area contributed by atoms with E-state index in [2.05, 4.69) is 0 Å². The van der Waals surface area contributed by atoms with Gasteiger partial charge in [-0.2, -0.15) is 0 Å². The van der Waals surface area contributed by atoms with Crippen LogP contribution in [-0.2, 0) is 66.0 Å². The highest BCUT2D eigenvalue weighted by Gasteiger charge is 2.53. The Morgan fingerprint density at radius 3 is 2.22 bits per heavy atom. The van der Waals surface area contributed by atoms with Crippen molar-refractivity contribution in [2.45, 2.75) is 180 Å². The van der Waals surface area contributed by atoms with E-state index in [1.54, 1.807) is 48.0 Å². The number of phosphoric acid groups is 1. The molecule has 4 aliphatic rings. The molecule has 0 aromatic carbocycles. The zero-order valence-electron chi connectivity index (χ0n) is 48.9. The molecule has 1 aliphatic carbocycles. The van der Waals surface area contributed by atoms with Gasteiger partial charge in [0.2, 0.25) is 5.79 Å². The van der Waals surface area contributed by atoms with Gasteiger partial charge in [0.1, 0.15) is 43.3 Å². The molecule has 16 atom stereocenters. The van der Waals surface area contributed by atoms with Gasteiger partial charge in [-0.25, -0.2) is 4.79 Å². The summed E-state index contributed by atoms with van der Waals surface area (Å²) in [6.07, 6.45) is 10.8. The zero-order valence-corrected chi connectivity index (χ0v) is 49.8. The summed E-state index contributed by atoms with van der Waals surface area (Å²) < 4.78 is 58.8. The van der Waals surface area contributed by atoms with Gasteiger partial charge in [-0.15, -0.1) is 0 Å². The van der Waals surface area contributed by atoms with Gasteiger partial charge < -0.3 is 62.0 Å². The number of ketones is 3. The monoisotopic (exact) mass is 1120 g/mol. The lowest BCUT2D eigenvalue weighted by molar-refractivity contribution is -0.870. The molecule has 3 aliphatic heterocycles. The van der Waals surface area contributed by atoms with Gasteiger partial charge in [-0.05, 0) is 107 Å². The van der Waals surface area contributed by atoms with Crippen LogP contribution in [0.2, 0.25) is 0 Å². The van der Waals surface area contributed by atoms with Gasteiger partial charge in [-0.3, -0.25) is 23.7 Å². The number of aliphatic hydroxyl groups excluding tert-OH is 1. The first kappa shape index (κ1) is 67.2. The quantitative estimate of drug-likeness (QED) is 0.0449. The van der Waals surface area contributed by atoms with E-state index in [-0.39, 0.29) is 74.8 Å². The number of Topliss-reactive ketones (excluding diaryl/α,β-unsaturated/α-hetero) is 3. The molecule has 20 heteroatoms. The number of hydrogen-bond acceptors (Lipinski definition) is 17. The van der Waals surface area contributed by atoms with Crippen LogP contribution < -0.4 is 4.89 Å². The number of likely N-dealkylation sites (N-methyl/N-ethyl adjacent to an activating group) is 1. The van der Waals surface area contributed by atoms with E-state index in [0.29, 0.717) is 80.8 Å². The average molecular weight is 1120 g/mol. The standard InChI is InChI=1S/C58H95N2O17P/c1-37-19-15-14-16-20-38(2)49(70-11)35-45-24-22-43(7)58(67,77-45)55(64)56(65)59-26-18-17-21-46(59)57(66)76-50(36-47(61)39(3)32-42(6)53(63)54(72-13)52(62)41(5)31-37)40(4)33-44-23-25-48(51(34-44)71-12)73-29-30-75-78(68,69)74-28-27-60(8,9)10/h14-16,19-20,32,37,39-41,43-46,48-51,53-54,63,67H,17-18,21-31,33-36H2,1-13H3/b16-14?,19-15-,38-20?,42-32-. The van der Waals surface area contributed by atoms with Crippen molar-refractivity contribution in [1.82, 2.24) is 4.90 Å². The molecule has 78 heavy (non-hydrogen) atoms. The summed E-state index contributed by atoms with van der Waals surface area (Å²) in [4.78, 5) is 85.0. The predicted octanol–water partition coefficient (Wildman–Crippen LogP) is 6.41. The number of cyclic esters (lactones) is 1. The third kappa shape index (κ3) is 20.0. The molecule has 4 rings (SSSR count).